The normalized spacial score (nSPS) is 20.9. The first-order valence-corrected chi connectivity index (χ1v) is 9.51. The molecule has 24 heavy (non-hydrogen) atoms. The average Bonchev–Trinajstić information content (AvgIpc) is 2.63. The van der Waals surface area contributed by atoms with Crippen LogP contribution in [0.25, 0.3) is 0 Å². The molecular formula is C19H28ClN3O. The van der Waals surface area contributed by atoms with Crippen LogP contribution in [0.4, 0.5) is 5.69 Å². The van der Waals surface area contributed by atoms with E-state index in [2.05, 4.69) is 23.2 Å². The lowest BCUT2D eigenvalue weighted by molar-refractivity contribution is -0.132. The van der Waals surface area contributed by atoms with Crippen molar-refractivity contribution in [3.05, 3.63) is 29.3 Å². The maximum absolute atomic E-state index is 12.6. The Morgan fingerprint density at radius 2 is 1.88 bits per heavy atom. The van der Waals surface area contributed by atoms with Gasteiger partial charge in [0, 0.05) is 32.6 Å². The Hall–Kier alpha value is -1.26. The Labute approximate surface area is 150 Å². The van der Waals surface area contributed by atoms with Crippen LogP contribution in [0, 0.1) is 11.8 Å². The second-order valence-electron chi connectivity index (χ2n) is 7.09. The van der Waals surface area contributed by atoms with Gasteiger partial charge in [-0.2, -0.15) is 0 Å². The van der Waals surface area contributed by atoms with E-state index < -0.39 is 0 Å². The zero-order valence-electron chi connectivity index (χ0n) is 14.5. The molecule has 1 atom stereocenters. The summed E-state index contributed by atoms with van der Waals surface area (Å²) in [7, 11) is 0. The minimum Gasteiger partial charge on any atom is -0.367 e. The highest BCUT2D eigenvalue weighted by molar-refractivity contribution is 6.33. The van der Waals surface area contributed by atoms with Crippen LogP contribution in [0.3, 0.4) is 0 Å². The summed E-state index contributed by atoms with van der Waals surface area (Å²) in [5.41, 5.74) is 1.08. The van der Waals surface area contributed by atoms with Crippen LogP contribution >= 0.6 is 11.6 Å². The highest BCUT2D eigenvalue weighted by atomic mass is 35.5. The van der Waals surface area contributed by atoms with E-state index in [0.717, 1.165) is 50.0 Å². The maximum atomic E-state index is 12.6. The first-order valence-electron chi connectivity index (χ1n) is 9.13. The molecule has 0 radical (unpaired) electrons. The number of carbonyl (C=O) groups is 1. The topological polar surface area (TPSA) is 35.6 Å². The molecule has 0 saturated carbocycles. The van der Waals surface area contributed by atoms with E-state index in [0.29, 0.717) is 24.2 Å². The molecule has 2 aliphatic heterocycles. The van der Waals surface area contributed by atoms with Gasteiger partial charge in [0.1, 0.15) is 0 Å². The smallest absolute Gasteiger partial charge is 0.222 e. The molecule has 0 bridgehead atoms. The molecule has 2 heterocycles. The van der Waals surface area contributed by atoms with E-state index in [9.17, 15) is 4.79 Å². The molecule has 1 amide bonds. The third kappa shape index (κ3) is 4.22. The first kappa shape index (κ1) is 17.6. The maximum Gasteiger partial charge on any atom is 0.222 e. The van der Waals surface area contributed by atoms with Crippen LogP contribution in [0.2, 0.25) is 5.02 Å². The summed E-state index contributed by atoms with van der Waals surface area (Å²) in [6.07, 6.45) is 3.10. The van der Waals surface area contributed by atoms with Gasteiger partial charge in [0.2, 0.25) is 5.91 Å². The lowest BCUT2D eigenvalue weighted by Gasteiger charge is -2.37. The van der Waals surface area contributed by atoms with Crippen LogP contribution in [-0.4, -0.2) is 50.1 Å². The summed E-state index contributed by atoms with van der Waals surface area (Å²) in [4.78, 5) is 16.9. The number of hydrogen-bond acceptors (Lipinski definition) is 3. The number of nitrogens with one attached hydrogen (secondary N) is 1. The number of piperazine rings is 1. The van der Waals surface area contributed by atoms with Gasteiger partial charge in [0.25, 0.3) is 0 Å². The zero-order valence-corrected chi connectivity index (χ0v) is 15.3. The van der Waals surface area contributed by atoms with Gasteiger partial charge in [-0.15, -0.1) is 0 Å². The second kappa shape index (κ2) is 8.21. The molecule has 2 aliphatic rings. The highest BCUT2D eigenvalue weighted by Crippen LogP contribution is 2.27. The third-order valence-electron chi connectivity index (χ3n) is 5.51. The van der Waals surface area contributed by atoms with Crippen LogP contribution in [0.15, 0.2) is 24.3 Å². The van der Waals surface area contributed by atoms with Gasteiger partial charge in [-0.1, -0.05) is 30.7 Å². The quantitative estimate of drug-likeness (QED) is 0.907. The van der Waals surface area contributed by atoms with E-state index in [-0.39, 0.29) is 0 Å². The largest absolute Gasteiger partial charge is 0.367 e. The monoisotopic (exact) mass is 349 g/mol. The fourth-order valence-electron chi connectivity index (χ4n) is 3.89. The molecule has 0 aromatic heterocycles. The number of para-hydroxylation sites is 1. The Bertz CT molecular complexity index is 551. The summed E-state index contributed by atoms with van der Waals surface area (Å²) in [6.45, 7) is 7.74. The van der Waals surface area contributed by atoms with Crippen molar-refractivity contribution in [3.63, 3.8) is 0 Å². The summed E-state index contributed by atoms with van der Waals surface area (Å²) in [5, 5.41) is 4.19. The molecule has 0 spiro atoms. The average molecular weight is 350 g/mol. The van der Waals surface area contributed by atoms with Gasteiger partial charge in [0.15, 0.2) is 0 Å². The van der Waals surface area contributed by atoms with Crippen molar-refractivity contribution in [2.75, 3.05) is 44.2 Å². The Kier molecular flexibility index (Phi) is 6.01. The molecule has 132 valence electrons. The minimum absolute atomic E-state index is 0.319. The van der Waals surface area contributed by atoms with Gasteiger partial charge < -0.3 is 15.1 Å². The summed E-state index contributed by atoms with van der Waals surface area (Å²) >= 11 is 6.28. The van der Waals surface area contributed by atoms with Crippen LogP contribution in [0.1, 0.15) is 26.2 Å². The Morgan fingerprint density at radius 3 is 2.54 bits per heavy atom. The van der Waals surface area contributed by atoms with E-state index in [1.54, 1.807) is 0 Å². The van der Waals surface area contributed by atoms with Gasteiger partial charge >= 0.3 is 0 Å². The van der Waals surface area contributed by atoms with Crippen molar-refractivity contribution in [1.29, 1.82) is 0 Å². The fourth-order valence-corrected chi connectivity index (χ4v) is 4.14. The number of halogens is 1. The van der Waals surface area contributed by atoms with Crippen molar-refractivity contribution in [2.45, 2.75) is 26.2 Å². The fraction of sp³-hybridized carbons (Fsp3) is 0.632. The molecule has 3 rings (SSSR count). The molecule has 4 nitrogen and oxygen atoms in total. The molecule has 1 unspecified atom stereocenters. The SMILES string of the molecule is CC(CC(=O)N1CCN(c2ccccc2Cl)CC1)C1CCNCC1. The number of anilines is 1. The first-order chi connectivity index (χ1) is 11.6. The van der Waals surface area contributed by atoms with Crippen LogP contribution in [0.5, 0.6) is 0 Å². The van der Waals surface area contributed by atoms with Crippen molar-refractivity contribution in [3.8, 4) is 0 Å². The van der Waals surface area contributed by atoms with Gasteiger partial charge in [0.05, 0.1) is 10.7 Å². The van der Waals surface area contributed by atoms with Crippen molar-refractivity contribution < 1.29 is 4.79 Å². The number of carbonyl (C=O) groups excluding carboxylic acids is 1. The molecule has 0 aliphatic carbocycles. The number of rotatable bonds is 4. The number of piperidine rings is 1. The van der Waals surface area contributed by atoms with Crippen LogP contribution < -0.4 is 10.2 Å². The van der Waals surface area contributed by atoms with E-state index in [1.807, 2.05) is 23.1 Å². The van der Waals surface area contributed by atoms with Crippen LogP contribution in [-0.2, 0) is 4.79 Å². The lowest BCUT2D eigenvalue weighted by Crippen LogP contribution is -2.49. The van der Waals surface area contributed by atoms with E-state index in [4.69, 9.17) is 11.6 Å². The van der Waals surface area contributed by atoms with E-state index >= 15 is 0 Å². The highest BCUT2D eigenvalue weighted by Gasteiger charge is 2.26. The molecule has 1 aromatic rings. The number of benzene rings is 1. The second-order valence-corrected chi connectivity index (χ2v) is 7.50. The summed E-state index contributed by atoms with van der Waals surface area (Å²) in [5.74, 6) is 1.50. The van der Waals surface area contributed by atoms with Crippen molar-refractivity contribution in [1.82, 2.24) is 10.2 Å². The molecule has 1 aromatic carbocycles. The standard InChI is InChI=1S/C19H28ClN3O/c1-15(16-6-8-21-9-7-16)14-19(24)23-12-10-22(11-13-23)18-5-3-2-4-17(18)20/h2-5,15-16,21H,6-14H2,1H3. The molecule has 2 saturated heterocycles. The molecule has 2 fully saturated rings. The van der Waals surface area contributed by atoms with Gasteiger partial charge in [-0.05, 0) is 49.9 Å². The molecule has 1 N–H and O–H groups in total. The third-order valence-corrected chi connectivity index (χ3v) is 5.83. The predicted molar refractivity (Wildman–Crippen MR) is 99.6 cm³/mol. The lowest BCUT2D eigenvalue weighted by atomic mass is 9.84. The number of amides is 1. The summed E-state index contributed by atoms with van der Waals surface area (Å²) in [6, 6.07) is 7.95. The molecular weight excluding hydrogens is 322 g/mol. The van der Waals surface area contributed by atoms with Gasteiger partial charge in [-0.3, -0.25) is 4.79 Å². The van der Waals surface area contributed by atoms with Crippen molar-refractivity contribution in [2.24, 2.45) is 11.8 Å². The number of hydrogen-bond donors (Lipinski definition) is 1. The predicted octanol–water partition coefficient (Wildman–Crippen LogP) is 3.01. The minimum atomic E-state index is 0.319. The summed E-state index contributed by atoms with van der Waals surface area (Å²) < 4.78 is 0. The number of nitrogens with zero attached hydrogens (tertiary/aromatic N) is 2. The Morgan fingerprint density at radius 1 is 1.21 bits per heavy atom. The Balaban J connectivity index is 1.49. The van der Waals surface area contributed by atoms with Crippen molar-refractivity contribution >= 4 is 23.2 Å². The molecule has 5 heteroatoms. The van der Waals surface area contributed by atoms with Gasteiger partial charge in [-0.25, -0.2) is 0 Å². The van der Waals surface area contributed by atoms with E-state index in [1.165, 1.54) is 12.8 Å². The zero-order chi connectivity index (χ0) is 16.9.